The van der Waals surface area contributed by atoms with Gasteiger partial charge in [0.05, 0.1) is 11.3 Å². The van der Waals surface area contributed by atoms with Crippen molar-refractivity contribution in [2.75, 3.05) is 0 Å². The van der Waals surface area contributed by atoms with E-state index >= 15 is 0 Å². The lowest BCUT2D eigenvalue weighted by Gasteiger charge is -2.17. The van der Waals surface area contributed by atoms with E-state index < -0.39 is 5.41 Å². The van der Waals surface area contributed by atoms with Crippen LogP contribution in [-0.2, 0) is 9.59 Å². The van der Waals surface area contributed by atoms with Crippen molar-refractivity contribution < 1.29 is 9.59 Å². The van der Waals surface area contributed by atoms with Gasteiger partial charge in [-0.05, 0) is 18.8 Å². The molecule has 2 fully saturated rings. The third-order valence-electron chi connectivity index (χ3n) is 3.40. The first-order valence-corrected chi connectivity index (χ1v) is 4.27. The van der Waals surface area contributed by atoms with Crippen LogP contribution in [0.4, 0.5) is 0 Å². The van der Waals surface area contributed by atoms with Crippen molar-refractivity contribution in [1.82, 2.24) is 5.32 Å². The Balaban J connectivity index is 2.17. The minimum atomic E-state index is -0.429. The molecule has 0 aromatic rings. The highest BCUT2D eigenvalue weighted by Gasteiger charge is 2.60. The van der Waals surface area contributed by atoms with Crippen molar-refractivity contribution >= 4 is 11.8 Å². The molecule has 3 heteroatoms. The highest BCUT2D eigenvalue weighted by atomic mass is 16.2. The molecule has 1 N–H and O–H groups in total. The molecule has 0 aromatic carbocycles. The molecular weight excluding hydrogens is 154 g/mol. The summed E-state index contributed by atoms with van der Waals surface area (Å²) in [6.45, 7) is 0. The Labute approximate surface area is 69.8 Å². The third-order valence-corrected chi connectivity index (χ3v) is 3.40. The van der Waals surface area contributed by atoms with Gasteiger partial charge in [-0.25, -0.2) is 0 Å². The predicted octanol–water partition coefficient (Wildman–Crippen LogP) is 0.225. The van der Waals surface area contributed by atoms with Crippen LogP contribution in [0.15, 0.2) is 12.2 Å². The van der Waals surface area contributed by atoms with E-state index in [1.54, 1.807) is 0 Å². The number of nitrogens with one attached hydrogen (secondary N) is 1. The number of fused-ring (bicyclic) bond motifs is 1. The van der Waals surface area contributed by atoms with Crippen molar-refractivity contribution in [3.63, 3.8) is 0 Å². The topological polar surface area (TPSA) is 46.2 Å². The predicted molar refractivity (Wildman–Crippen MR) is 40.9 cm³/mol. The zero-order valence-corrected chi connectivity index (χ0v) is 6.54. The number of rotatable bonds is 0. The molecule has 1 saturated heterocycles. The van der Waals surface area contributed by atoms with Crippen LogP contribution in [0.5, 0.6) is 0 Å². The highest BCUT2D eigenvalue weighted by Crippen LogP contribution is 2.55. The number of carbonyl (C=O) groups excluding carboxylic acids is 2. The van der Waals surface area contributed by atoms with E-state index in [9.17, 15) is 9.59 Å². The molecular formula is C9H9NO2. The second kappa shape index (κ2) is 1.63. The normalized spacial score (nSPS) is 48.3. The van der Waals surface area contributed by atoms with Gasteiger partial charge in [-0.2, -0.15) is 0 Å². The number of hydrogen-bond donors (Lipinski definition) is 1. The maximum atomic E-state index is 11.5. The van der Waals surface area contributed by atoms with Gasteiger partial charge in [0.2, 0.25) is 11.8 Å². The van der Waals surface area contributed by atoms with Gasteiger partial charge in [-0.3, -0.25) is 14.9 Å². The summed E-state index contributed by atoms with van der Waals surface area (Å²) in [7, 11) is 0. The Bertz CT molecular complexity index is 320. The maximum Gasteiger partial charge on any atom is 0.237 e. The Kier molecular flexibility index (Phi) is 0.868. The fraction of sp³-hybridized carbons (Fsp3) is 0.556. The molecule has 3 unspecified atom stereocenters. The summed E-state index contributed by atoms with van der Waals surface area (Å²) < 4.78 is 0. The quantitative estimate of drug-likeness (QED) is 0.410. The zero-order valence-electron chi connectivity index (χ0n) is 6.54. The van der Waals surface area contributed by atoms with E-state index in [1.807, 2.05) is 6.08 Å². The van der Waals surface area contributed by atoms with E-state index in [1.165, 1.54) is 0 Å². The van der Waals surface area contributed by atoms with Gasteiger partial charge in [0, 0.05) is 0 Å². The SMILES string of the molecule is O=C1NC(=O)C23C=CC(CC12)C3. The van der Waals surface area contributed by atoms with Gasteiger partial charge in [0.25, 0.3) is 0 Å². The van der Waals surface area contributed by atoms with Crippen LogP contribution in [0.2, 0.25) is 0 Å². The van der Waals surface area contributed by atoms with E-state index in [0.29, 0.717) is 5.92 Å². The van der Waals surface area contributed by atoms with Gasteiger partial charge >= 0.3 is 0 Å². The van der Waals surface area contributed by atoms with Crippen LogP contribution in [0.25, 0.3) is 0 Å². The molecule has 3 rings (SSSR count). The first kappa shape index (κ1) is 6.40. The van der Waals surface area contributed by atoms with Crippen molar-refractivity contribution in [3.8, 4) is 0 Å². The Morgan fingerprint density at radius 2 is 2.33 bits per heavy atom. The number of hydrogen-bond acceptors (Lipinski definition) is 2. The van der Waals surface area contributed by atoms with Gasteiger partial charge in [0.1, 0.15) is 0 Å². The molecule has 2 bridgehead atoms. The second-order valence-corrected chi connectivity index (χ2v) is 3.97. The fourth-order valence-electron chi connectivity index (χ4n) is 2.79. The molecule has 1 heterocycles. The van der Waals surface area contributed by atoms with Gasteiger partial charge in [0.15, 0.2) is 0 Å². The molecule has 3 nitrogen and oxygen atoms in total. The van der Waals surface area contributed by atoms with Crippen LogP contribution in [0, 0.1) is 17.3 Å². The minimum absolute atomic E-state index is 0.0556. The molecule has 0 aromatic heterocycles. The van der Waals surface area contributed by atoms with E-state index in [2.05, 4.69) is 11.4 Å². The average Bonchev–Trinajstić information content (AvgIpc) is 2.65. The summed E-state index contributed by atoms with van der Waals surface area (Å²) in [5, 5.41) is 2.41. The van der Waals surface area contributed by atoms with Gasteiger partial charge < -0.3 is 0 Å². The van der Waals surface area contributed by atoms with Crippen LogP contribution in [0.1, 0.15) is 12.8 Å². The van der Waals surface area contributed by atoms with Gasteiger partial charge in [-0.15, -0.1) is 0 Å². The monoisotopic (exact) mass is 163 g/mol. The molecule has 3 aliphatic rings. The minimum Gasteiger partial charge on any atom is -0.295 e. The summed E-state index contributed by atoms with van der Waals surface area (Å²) in [6.07, 6.45) is 5.74. The van der Waals surface area contributed by atoms with Crippen LogP contribution < -0.4 is 5.32 Å². The van der Waals surface area contributed by atoms with Crippen LogP contribution >= 0.6 is 0 Å². The summed E-state index contributed by atoms with van der Waals surface area (Å²) in [6, 6.07) is 0. The molecule has 3 atom stereocenters. The third kappa shape index (κ3) is 0.480. The first-order chi connectivity index (χ1) is 5.72. The summed E-state index contributed by atoms with van der Waals surface area (Å²) >= 11 is 0. The van der Waals surface area contributed by atoms with Crippen molar-refractivity contribution in [3.05, 3.63) is 12.2 Å². The Hall–Kier alpha value is -1.12. The summed E-state index contributed by atoms with van der Waals surface area (Å²) in [5.41, 5.74) is -0.429. The first-order valence-electron chi connectivity index (χ1n) is 4.27. The highest BCUT2D eigenvalue weighted by molar-refractivity contribution is 6.09. The molecule has 12 heavy (non-hydrogen) atoms. The molecule has 1 saturated carbocycles. The van der Waals surface area contributed by atoms with Crippen LogP contribution in [-0.4, -0.2) is 11.8 Å². The number of amides is 2. The zero-order chi connectivity index (χ0) is 8.34. The molecule has 62 valence electrons. The lowest BCUT2D eigenvalue weighted by molar-refractivity contribution is -0.127. The molecule has 1 spiro atoms. The van der Waals surface area contributed by atoms with Gasteiger partial charge in [-0.1, -0.05) is 12.2 Å². The summed E-state index contributed by atoms with van der Waals surface area (Å²) in [4.78, 5) is 22.7. The lowest BCUT2D eigenvalue weighted by Crippen LogP contribution is -2.28. The number of carbonyl (C=O) groups is 2. The van der Waals surface area contributed by atoms with E-state index in [4.69, 9.17) is 0 Å². The Morgan fingerprint density at radius 3 is 3.00 bits per heavy atom. The second-order valence-electron chi connectivity index (χ2n) is 3.97. The smallest absolute Gasteiger partial charge is 0.237 e. The largest absolute Gasteiger partial charge is 0.295 e. The number of allylic oxidation sites excluding steroid dienone is 1. The standard InChI is InChI=1S/C9H9NO2/c11-7-6-3-5-1-2-9(6,4-5)8(12)10-7/h1-2,5-6H,3-4H2,(H,10,11,12). The van der Waals surface area contributed by atoms with E-state index in [0.717, 1.165) is 12.8 Å². The fourth-order valence-corrected chi connectivity index (χ4v) is 2.79. The maximum absolute atomic E-state index is 11.5. The molecule has 2 aliphatic carbocycles. The molecule has 0 radical (unpaired) electrons. The van der Waals surface area contributed by atoms with Crippen molar-refractivity contribution in [1.29, 1.82) is 0 Å². The average molecular weight is 163 g/mol. The van der Waals surface area contributed by atoms with Crippen molar-refractivity contribution in [2.45, 2.75) is 12.8 Å². The van der Waals surface area contributed by atoms with Crippen molar-refractivity contribution in [2.24, 2.45) is 17.3 Å². The van der Waals surface area contributed by atoms with E-state index in [-0.39, 0.29) is 17.7 Å². The Morgan fingerprint density at radius 1 is 1.50 bits per heavy atom. The molecule has 1 aliphatic heterocycles. The summed E-state index contributed by atoms with van der Waals surface area (Å²) in [5.74, 6) is 0.283. The molecule has 2 amide bonds. The number of imide groups is 1. The lowest BCUT2D eigenvalue weighted by atomic mass is 9.80. The van der Waals surface area contributed by atoms with Crippen LogP contribution in [0.3, 0.4) is 0 Å².